The third-order valence-corrected chi connectivity index (χ3v) is 5.24. The van der Waals surface area contributed by atoms with Crippen molar-refractivity contribution >= 4 is 10.0 Å². The van der Waals surface area contributed by atoms with Gasteiger partial charge in [-0.2, -0.15) is 4.31 Å². The SMILES string of the molecule is COc1cnccc1C(C)NC[C@H]1CCCN1S(C)(=O)=O. The fourth-order valence-electron chi connectivity index (χ4n) is 2.79. The van der Waals surface area contributed by atoms with Crippen LogP contribution in [-0.4, -0.2) is 50.2 Å². The second-order valence-corrected chi connectivity index (χ2v) is 7.35. The first-order chi connectivity index (χ1) is 9.93. The Bertz CT molecular complexity index is 577. The number of nitrogens with zero attached hydrogens (tertiary/aromatic N) is 2. The Morgan fingerprint density at radius 1 is 1.57 bits per heavy atom. The standard InChI is InChI=1S/C14H23N3O3S/c1-11(13-6-7-15-10-14(13)20-2)16-9-12-5-4-8-17(12)21(3,18)19/h6-7,10-12,16H,4-5,8-9H2,1-3H3/t11?,12-/m1/s1. The maximum absolute atomic E-state index is 11.7. The molecule has 1 aromatic rings. The minimum absolute atomic E-state index is 0.0373. The highest BCUT2D eigenvalue weighted by atomic mass is 32.2. The van der Waals surface area contributed by atoms with Gasteiger partial charge in [0.1, 0.15) is 5.75 Å². The van der Waals surface area contributed by atoms with Crippen LogP contribution in [0.4, 0.5) is 0 Å². The first-order valence-electron chi connectivity index (χ1n) is 7.11. The molecule has 0 bridgehead atoms. The molecule has 21 heavy (non-hydrogen) atoms. The van der Waals surface area contributed by atoms with E-state index in [1.54, 1.807) is 23.8 Å². The molecule has 1 fully saturated rings. The van der Waals surface area contributed by atoms with Gasteiger partial charge in [0.25, 0.3) is 0 Å². The molecule has 0 aromatic carbocycles. The summed E-state index contributed by atoms with van der Waals surface area (Å²) < 4.78 is 30.4. The fraction of sp³-hybridized carbons (Fsp3) is 0.643. The van der Waals surface area contributed by atoms with Crippen LogP contribution in [-0.2, 0) is 10.0 Å². The number of ether oxygens (including phenoxy) is 1. The van der Waals surface area contributed by atoms with Gasteiger partial charge in [0.15, 0.2) is 0 Å². The van der Waals surface area contributed by atoms with Crippen molar-refractivity contribution in [1.82, 2.24) is 14.6 Å². The molecule has 0 saturated carbocycles. The molecule has 0 radical (unpaired) electrons. The second-order valence-electron chi connectivity index (χ2n) is 5.42. The smallest absolute Gasteiger partial charge is 0.211 e. The van der Waals surface area contributed by atoms with Gasteiger partial charge >= 0.3 is 0 Å². The Balaban J connectivity index is 1.99. The van der Waals surface area contributed by atoms with E-state index in [2.05, 4.69) is 10.3 Å². The van der Waals surface area contributed by atoms with Crippen LogP contribution in [0.2, 0.25) is 0 Å². The van der Waals surface area contributed by atoms with E-state index in [1.165, 1.54) is 6.26 Å². The van der Waals surface area contributed by atoms with Crippen LogP contribution < -0.4 is 10.1 Å². The normalized spacial score (nSPS) is 21.4. The maximum Gasteiger partial charge on any atom is 0.211 e. The maximum atomic E-state index is 11.7. The van der Waals surface area contributed by atoms with Gasteiger partial charge in [-0.1, -0.05) is 0 Å². The van der Waals surface area contributed by atoms with E-state index in [0.29, 0.717) is 13.1 Å². The second kappa shape index (κ2) is 6.72. The van der Waals surface area contributed by atoms with Gasteiger partial charge in [0.05, 0.1) is 19.6 Å². The van der Waals surface area contributed by atoms with Gasteiger partial charge in [-0.05, 0) is 25.8 Å². The summed E-state index contributed by atoms with van der Waals surface area (Å²) in [5.41, 5.74) is 1.02. The largest absolute Gasteiger partial charge is 0.495 e. The lowest BCUT2D eigenvalue weighted by Gasteiger charge is -2.25. The van der Waals surface area contributed by atoms with Crippen molar-refractivity contribution in [3.05, 3.63) is 24.0 Å². The van der Waals surface area contributed by atoms with Crippen molar-refractivity contribution < 1.29 is 13.2 Å². The molecule has 7 heteroatoms. The monoisotopic (exact) mass is 313 g/mol. The molecule has 2 atom stereocenters. The van der Waals surface area contributed by atoms with Gasteiger partial charge in [0, 0.05) is 36.9 Å². The first kappa shape index (κ1) is 16.2. The number of methoxy groups -OCH3 is 1. The average Bonchev–Trinajstić information content (AvgIpc) is 2.93. The zero-order valence-electron chi connectivity index (χ0n) is 12.7. The minimum Gasteiger partial charge on any atom is -0.495 e. The van der Waals surface area contributed by atoms with Gasteiger partial charge in [-0.15, -0.1) is 0 Å². The molecular formula is C14H23N3O3S. The van der Waals surface area contributed by atoms with Gasteiger partial charge in [0.2, 0.25) is 10.0 Å². The molecule has 0 aliphatic carbocycles. The number of pyridine rings is 1. The summed E-state index contributed by atoms with van der Waals surface area (Å²) >= 11 is 0. The van der Waals surface area contributed by atoms with Crippen LogP contribution in [0, 0.1) is 0 Å². The van der Waals surface area contributed by atoms with Crippen LogP contribution in [0.1, 0.15) is 31.4 Å². The van der Waals surface area contributed by atoms with Gasteiger partial charge < -0.3 is 10.1 Å². The number of nitrogens with one attached hydrogen (secondary N) is 1. The molecule has 1 aliphatic heterocycles. The highest BCUT2D eigenvalue weighted by molar-refractivity contribution is 7.88. The number of sulfonamides is 1. The molecule has 1 saturated heterocycles. The molecule has 0 spiro atoms. The lowest BCUT2D eigenvalue weighted by atomic mass is 10.1. The predicted octanol–water partition coefficient (Wildman–Crippen LogP) is 1.16. The summed E-state index contributed by atoms with van der Waals surface area (Å²) in [7, 11) is -1.50. The summed E-state index contributed by atoms with van der Waals surface area (Å²) in [5, 5.41) is 3.40. The number of hydrogen-bond acceptors (Lipinski definition) is 5. The molecule has 0 amide bonds. The zero-order chi connectivity index (χ0) is 15.5. The van der Waals surface area contributed by atoms with Crippen LogP contribution in [0.15, 0.2) is 18.5 Å². The van der Waals surface area contributed by atoms with E-state index in [0.717, 1.165) is 24.2 Å². The van der Waals surface area contributed by atoms with Gasteiger partial charge in [-0.3, -0.25) is 4.98 Å². The van der Waals surface area contributed by atoms with Crippen molar-refractivity contribution in [2.45, 2.75) is 31.8 Å². The van der Waals surface area contributed by atoms with E-state index in [1.807, 2.05) is 13.0 Å². The van der Waals surface area contributed by atoms with Gasteiger partial charge in [-0.25, -0.2) is 8.42 Å². The summed E-state index contributed by atoms with van der Waals surface area (Å²) in [6.07, 6.45) is 6.52. The molecule has 118 valence electrons. The zero-order valence-corrected chi connectivity index (χ0v) is 13.6. The Labute approximate surface area is 126 Å². The third kappa shape index (κ3) is 3.93. The van der Waals surface area contributed by atoms with E-state index in [9.17, 15) is 8.42 Å². The predicted molar refractivity (Wildman–Crippen MR) is 81.8 cm³/mol. The van der Waals surface area contributed by atoms with Crippen LogP contribution in [0.3, 0.4) is 0 Å². The fourth-order valence-corrected chi connectivity index (χ4v) is 3.97. The average molecular weight is 313 g/mol. The molecule has 6 nitrogen and oxygen atoms in total. The van der Waals surface area contributed by atoms with Crippen molar-refractivity contribution in [2.75, 3.05) is 26.5 Å². The Morgan fingerprint density at radius 3 is 3.00 bits per heavy atom. The topological polar surface area (TPSA) is 71.5 Å². The number of rotatable bonds is 6. The summed E-state index contributed by atoms with van der Waals surface area (Å²) in [6, 6.07) is 2.03. The quantitative estimate of drug-likeness (QED) is 0.853. The molecule has 1 unspecified atom stereocenters. The van der Waals surface area contributed by atoms with Crippen molar-refractivity contribution in [3.63, 3.8) is 0 Å². The van der Waals surface area contributed by atoms with Crippen LogP contribution >= 0.6 is 0 Å². The third-order valence-electron chi connectivity index (χ3n) is 3.91. The van der Waals surface area contributed by atoms with E-state index >= 15 is 0 Å². The molecule has 1 N–H and O–H groups in total. The van der Waals surface area contributed by atoms with E-state index in [-0.39, 0.29) is 12.1 Å². The summed E-state index contributed by atoms with van der Waals surface area (Å²) in [4.78, 5) is 4.04. The first-order valence-corrected chi connectivity index (χ1v) is 8.96. The highest BCUT2D eigenvalue weighted by Crippen LogP contribution is 2.24. The summed E-state index contributed by atoms with van der Waals surface area (Å²) in [5.74, 6) is 0.740. The Morgan fingerprint density at radius 2 is 2.33 bits per heavy atom. The minimum atomic E-state index is -3.12. The Kier molecular flexibility index (Phi) is 5.18. The number of hydrogen-bond donors (Lipinski definition) is 1. The van der Waals surface area contributed by atoms with E-state index < -0.39 is 10.0 Å². The van der Waals surface area contributed by atoms with Crippen molar-refractivity contribution in [1.29, 1.82) is 0 Å². The Hall–Kier alpha value is -1.18. The van der Waals surface area contributed by atoms with Crippen molar-refractivity contribution in [2.24, 2.45) is 0 Å². The van der Waals surface area contributed by atoms with Crippen LogP contribution in [0.25, 0.3) is 0 Å². The summed E-state index contributed by atoms with van der Waals surface area (Å²) in [6.45, 7) is 3.30. The lowest BCUT2D eigenvalue weighted by molar-refractivity contribution is 0.357. The van der Waals surface area contributed by atoms with Crippen LogP contribution in [0.5, 0.6) is 5.75 Å². The van der Waals surface area contributed by atoms with E-state index in [4.69, 9.17) is 4.74 Å². The molecule has 1 aromatic heterocycles. The molecular weight excluding hydrogens is 290 g/mol. The lowest BCUT2D eigenvalue weighted by Crippen LogP contribution is -2.41. The molecule has 2 rings (SSSR count). The molecule has 1 aliphatic rings. The molecule has 2 heterocycles. The number of aromatic nitrogens is 1. The van der Waals surface area contributed by atoms with Crippen molar-refractivity contribution in [3.8, 4) is 5.75 Å². The highest BCUT2D eigenvalue weighted by Gasteiger charge is 2.31.